The first-order chi connectivity index (χ1) is 4.83. The van der Waals surface area contributed by atoms with Gasteiger partial charge in [0.25, 0.3) is 0 Å². The Hall–Kier alpha value is -0.670. The topological polar surface area (TPSA) is 26.3 Å². The van der Waals surface area contributed by atoms with Gasteiger partial charge in [0.05, 0.1) is 21.1 Å². The van der Waals surface area contributed by atoms with Crippen LogP contribution in [0.25, 0.3) is 0 Å². The molecule has 3 nitrogen and oxygen atoms in total. The number of hydrogen-bond acceptors (Lipinski definition) is 2. The summed E-state index contributed by atoms with van der Waals surface area (Å²) < 4.78 is 0.332. The van der Waals surface area contributed by atoms with E-state index < -0.39 is 0 Å². The molecule has 0 heterocycles. The molecule has 0 aliphatic carbocycles. The van der Waals surface area contributed by atoms with Crippen molar-refractivity contribution < 1.29 is 14.3 Å². The highest BCUT2D eigenvalue weighted by Crippen LogP contribution is 1.96. The number of quaternary nitrogens is 1. The monoisotopic (exact) mass is 158 g/mol. The first-order valence-corrected chi connectivity index (χ1v) is 3.47. The van der Waals surface area contributed by atoms with E-state index in [4.69, 9.17) is 4.84 Å². The molecule has 0 bridgehead atoms. The van der Waals surface area contributed by atoms with E-state index in [0.29, 0.717) is 10.2 Å². The summed E-state index contributed by atoms with van der Waals surface area (Å²) in [6.45, 7) is 5.31. The Morgan fingerprint density at radius 2 is 1.91 bits per heavy atom. The van der Waals surface area contributed by atoms with Crippen molar-refractivity contribution in [1.29, 1.82) is 0 Å². The molecule has 3 heteroatoms. The Labute approximate surface area is 67.8 Å². The van der Waals surface area contributed by atoms with Crippen LogP contribution in [0.2, 0.25) is 0 Å². The van der Waals surface area contributed by atoms with Crippen LogP contribution in [0.5, 0.6) is 0 Å². The largest absolute Gasteiger partial charge is 0.292 e. The summed E-state index contributed by atoms with van der Waals surface area (Å²) in [7, 11) is 5.56. The molecule has 0 N–H and O–H groups in total. The van der Waals surface area contributed by atoms with Crippen molar-refractivity contribution in [3.63, 3.8) is 0 Å². The van der Waals surface area contributed by atoms with Crippen LogP contribution in [-0.4, -0.2) is 38.2 Å². The van der Waals surface area contributed by atoms with E-state index in [1.54, 1.807) is 6.92 Å². The molecule has 0 aliphatic rings. The summed E-state index contributed by atoms with van der Waals surface area (Å²) in [5, 5.41) is 0. The molecule has 0 fully saturated rings. The van der Waals surface area contributed by atoms with Crippen molar-refractivity contribution in [1.82, 2.24) is 0 Å². The third kappa shape index (κ3) is 5.76. The molecule has 0 saturated heterocycles. The van der Waals surface area contributed by atoms with Gasteiger partial charge in [-0.05, 0) is 12.5 Å². The van der Waals surface area contributed by atoms with Crippen LogP contribution in [0.3, 0.4) is 0 Å². The summed E-state index contributed by atoms with van der Waals surface area (Å²) in [4.78, 5) is 16.1. The summed E-state index contributed by atoms with van der Waals surface area (Å²) >= 11 is 0. The van der Waals surface area contributed by atoms with E-state index in [-0.39, 0.29) is 12.4 Å². The molecule has 0 aliphatic heterocycles. The van der Waals surface area contributed by atoms with Crippen LogP contribution < -0.4 is 0 Å². The molecule has 0 unspecified atom stereocenters. The number of ketones is 1. The predicted molar refractivity (Wildman–Crippen MR) is 43.8 cm³/mol. The zero-order valence-corrected chi connectivity index (χ0v) is 7.68. The fourth-order valence-electron chi connectivity index (χ4n) is 0.375. The Balaban J connectivity index is 3.73. The van der Waals surface area contributed by atoms with Crippen molar-refractivity contribution in [2.24, 2.45) is 0 Å². The lowest BCUT2D eigenvalue weighted by atomic mass is 10.2. The number of rotatable bonds is 4. The van der Waals surface area contributed by atoms with Gasteiger partial charge in [-0.1, -0.05) is 6.58 Å². The minimum absolute atomic E-state index is 0.0435. The highest BCUT2D eigenvalue weighted by Gasteiger charge is 2.11. The molecular formula is C8H16NO2+. The maximum Gasteiger partial charge on any atom is 0.189 e. The molecule has 0 atom stereocenters. The fourth-order valence-corrected chi connectivity index (χ4v) is 0.375. The van der Waals surface area contributed by atoms with E-state index in [9.17, 15) is 4.79 Å². The molecule has 0 aromatic rings. The Bertz CT molecular complexity index is 167. The summed E-state index contributed by atoms with van der Waals surface area (Å²) in [5.74, 6) is -0.0435. The molecule has 64 valence electrons. The van der Waals surface area contributed by atoms with E-state index >= 15 is 0 Å². The lowest BCUT2D eigenvalue weighted by Crippen LogP contribution is -2.36. The van der Waals surface area contributed by atoms with Gasteiger partial charge in [-0.25, -0.2) is 0 Å². The second kappa shape index (κ2) is 3.64. The number of Topliss-reactive ketones (excluding diaryl/α,β-unsaturated/α-hetero) is 1. The van der Waals surface area contributed by atoms with Gasteiger partial charge in [0.15, 0.2) is 12.4 Å². The number of hydrogen-bond donors (Lipinski definition) is 0. The molecule has 0 radical (unpaired) electrons. The van der Waals surface area contributed by atoms with Gasteiger partial charge in [0.1, 0.15) is 0 Å². The number of carbonyl (C=O) groups excluding carboxylic acids is 1. The van der Waals surface area contributed by atoms with Gasteiger partial charge < -0.3 is 0 Å². The fraction of sp³-hybridized carbons (Fsp3) is 0.625. The van der Waals surface area contributed by atoms with Crippen LogP contribution in [0.1, 0.15) is 6.92 Å². The van der Waals surface area contributed by atoms with Crippen LogP contribution in [-0.2, 0) is 9.63 Å². The van der Waals surface area contributed by atoms with E-state index in [2.05, 4.69) is 6.58 Å². The van der Waals surface area contributed by atoms with Gasteiger partial charge in [-0.2, -0.15) is 9.48 Å². The summed E-state index contributed by atoms with van der Waals surface area (Å²) in [5.41, 5.74) is 0.540. The Morgan fingerprint density at radius 1 is 1.45 bits per heavy atom. The highest BCUT2D eigenvalue weighted by molar-refractivity contribution is 5.95. The quantitative estimate of drug-likeness (QED) is 0.343. The molecule has 0 rings (SSSR count). The maximum atomic E-state index is 11.0. The van der Waals surface area contributed by atoms with Gasteiger partial charge >= 0.3 is 0 Å². The van der Waals surface area contributed by atoms with Crippen molar-refractivity contribution in [3.8, 4) is 0 Å². The lowest BCUT2D eigenvalue weighted by Gasteiger charge is -2.20. The van der Waals surface area contributed by atoms with E-state index in [0.717, 1.165) is 0 Å². The second-order valence-corrected chi connectivity index (χ2v) is 3.37. The first-order valence-electron chi connectivity index (χ1n) is 3.47. The Morgan fingerprint density at radius 3 is 2.18 bits per heavy atom. The predicted octanol–water partition coefficient (Wildman–Crippen LogP) is 0.769. The number of hydroxylamine groups is 3. The zero-order valence-electron chi connectivity index (χ0n) is 7.68. The minimum atomic E-state index is -0.0435. The van der Waals surface area contributed by atoms with Crippen LogP contribution >= 0.6 is 0 Å². The molecule has 11 heavy (non-hydrogen) atoms. The van der Waals surface area contributed by atoms with Crippen LogP contribution in [0, 0.1) is 0 Å². The normalized spacial score (nSPS) is 11.3. The molecule has 0 amide bonds. The molecule has 0 aromatic heterocycles. The minimum Gasteiger partial charge on any atom is -0.292 e. The van der Waals surface area contributed by atoms with Crippen LogP contribution in [0.15, 0.2) is 12.2 Å². The van der Waals surface area contributed by atoms with Crippen molar-refractivity contribution in [2.45, 2.75) is 6.92 Å². The maximum absolute atomic E-state index is 11.0. The summed E-state index contributed by atoms with van der Waals surface area (Å²) in [6, 6.07) is 0. The van der Waals surface area contributed by atoms with Crippen molar-refractivity contribution in [2.75, 3.05) is 27.7 Å². The highest BCUT2D eigenvalue weighted by atomic mass is 16.7. The van der Waals surface area contributed by atoms with E-state index in [1.165, 1.54) is 0 Å². The molecule has 0 saturated carbocycles. The smallest absolute Gasteiger partial charge is 0.189 e. The Kier molecular flexibility index (Phi) is 3.42. The first kappa shape index (κ1) is 10.3. The average molecular weight is 158 g/mol. The standard InChI is InChI=1S/C8H16NO2/c1-7(2)8(10)6-11-9(3,4)5/h1,6H2,2-5H3/q+1. The van der Waals surface area contributed by atoms with Gasteiger partial charge in [0, 0.05) is 0 Å². The molecule has 0 aromatic carbocycles. The lowest BCUT2D eigenvalue weighted by molar-refractivity contribution is -1.06. The van der Waals surface area contributed by atoms with Crippen molar-refractivity contribution in [3.05, 3.63) is 12.2 Å². The van der Waals surface area contributed by atoms with E-state index in [1.807, 2.05) is 21.1 Å². The van der Waals surface area contributed by atoms with Gasteiger partial charge in [0.2, 0.25) is 0 Å². The average Bonchev–Trinajstić information content (AvgIpc) is 1.80. The van der Waals surface area contributed by atoms with Crippen molar-refractivity contribution >= 4 is 5.78 Å². The van der Waals surface area contributed by atoms with Gasteiger partial charge in [-0.15, -0.1) is 0 Å². The molecular weight excluding hydrogens is 142 g/mol. The van der Waals surface area contributed by atoms with Crippen LogP contribution in [0.4, 0.5) is 0 Å². The number of nitrogens with zero attached hydrogens (tertiary/aromatic N) is 1. The number of carbonyl (C=O) groups is 1. The third-order valence-corrected chi connectivity index (χ3v) is 1.06. The zero-order chi connectivity index (χ0) is 9.07. The van der Waals surface area contributed by atoms with Gasteiger partial charge in [-0.3, -0.25) is 4.79 Å². The third-order valence-electron chi connectivity index (χ3n) is 1.06. The second-order valence-electron chi connectivity index (χ2n) is 3.37. The summed E-state index contributed by atoms with van der Waals surface area (Å²) in [6.07, 6.45) is 0. The molecule has 0 spiro atoms. The SMILES string of the molecule is C=C(C)C(=O)CO[N+](C)(C)C.